The summed E-state index contributed by atoms with van der Waals surface area (Å²) in [6.45, 7) is 3.80. The molecule has 0 aliphatic heterocycles. The molecule has 2 rings (SSSR count). The molecular weight excluding hydrogens is 324 g/mol. The zero-order valence-corrected chi connectivity index (χ0v) is 14.3. The molecule has 2 aromatic rings. The molecule has 0 saturated heterocycles. The van der Waals surface area contributed by atoms with Crippen LogP contribution >= 0.6 is 11.3 Å². The molecule has 0 spiro atoms. The van der Waals surface area contributed by atoms with Crippen molar-refractivity contribution in [2.24, 2.45) is 5.92 Å². The minimum absolute atomic E-state index is 0.0950. The lowest BCUT2D eigenvalue weighted by Crippen LogP contribution is -2.45. The lowest BCUT2D eigenvalue weighted by Gasteiger charge is -2.20. The first kappa shape index (κ1) is 17.7. The molecule has 124 valence electrons. The standard InChI is InChI=1S/C18H18N2O3S/c1-12(2)16(20-17(21)15-4-3-9-24-15)18(22)23-11-14-7-5-13(10-19)6-8-14/h3-9,12,16H,11H2,1-2H3,(H,20,21)/t16-/m0/s1. The van der Waals surface area contributed by atoms with Crippen molar-refractivity contribution in [1.82, 2.24) is 5.32 Å². The number of rotatable bonds is 6. The topological polar surface area (TPSA) is 79.2 Å². The molecule has 0 unspecified atom stereocenters. The zero-order valence-electron chi connectivity index (χ0n) is 13.5. The van der Waals surface area contributed by atoms with Gasteiger partial charge < -0.3 is 10.1 Å². The molecule has 0 aliphatic carbocycles. The predicted octanol–water partition coefficient (Wildman–Crippen LogP) is 3.12. The van der Waals surface area contributed by atoms with Crippen LogP contribution in [0.3, 0.4) is 0 Å². The second-order valence-corrected chi connectivity index (χ2v) is 6.54. The maximum absolute atomic E-state index is 12.3. The SMILES string of the molecule is CC(C)[C@H](NC(=O)c1cccs1)C(=O)OCc1ccc(C#N)cc1. The molecule has 1 N–H and O–H groups in total. The van der Waals surface area contributed by atoms with E-state index in [1.54, 1.807) is 36.4 Å². The normalized spacial score (nSPS) is 11.6. The highest BCUT2D eigenvalue weighted by molar-refractivity contribution is 7.12. The average molecular weight is 342 g/mol. The molecule has 6 heteroatoms. The third kappa shape index (κ3) is 4.67. The van der Waals surface area contributed by atoms with Gasteiger partial charge in [-0.05, 0) is 35.1 Å². The van der Waals surface area contributed by atoms with Gasteiger partial charge in [0, 0.05) is 0 Å². The van der Waals surface area contributed by atoms with E-state index in [1.807, 2.05) is 25.3 Å². The Labute approximate surface area is 144 Å². The molecule has 0 saturated carbocycles. The van der Waals surface area contributed by atoms with Crippen LogP contribution in [0, 0.1) is 17.2 Å². The summed E-state index contributed by atoms with van der Waals surface area (Å²) in [7, 11) is 0. The third-order valence-corrected chi connectivity index (χ3v) is 4.28. The Hall–Kier alpha value is -2.65. The Balaban J connectivity index is 1.95. The number of hydrogen-bond donors (Lipinski definition) is 1. The quantitative estimate of drug-likeness (QED) is 0.818. The van der Waals surface area contributed by atoms with Gasteiger partial charge in [0.25, 0.3) is 5.91 Å². The lowest BCUT2D eigenvalue weighted by molar-refractivity contribution is -0.148. The molecule has 1 heterocycles. The minimum atomic E-state index is -0.710. The van der Waals surface area contributed by atoms with Crippen LogP contribution in [0.25, 0.3) is 0 Å². The Morgan fingerprint density at radius 3 is 2.50 bits per heavy atom. The molecule has 1 aromatic heterocycles. The van der Waals surface area contributed by atoms with E-state index in [9.17, 15) is 9.59 Å². The van der Waals surface area contributed by atoms with Crippen molar-refractivity contribution in [3.8, 4) is 6.07 Å². The highest BCUT2D eigenvalue weighted by Crippen LogP contribution is 2.12. The van der Waals surface area contributed by atoms with Gasteiger partial charge >= 0.3 is 5.97 Å². The van der Waals surface area contributed by atoms with Crippen LogP contribution in [-0.4, -0.2) is 17.9 Å². The third-order valence-electron chi connectivity index (χ3n) is 3.42. The summed E-state index contributed by atoms with van der Waals surface area (Å²) in [6, 6.07) is 11.6. The number of nitriles is 1. The number of nitrogens with zero attached hydrogens (tertiary/aromatic N) is 1. The number of hydrogen-bond acceptors (Lipinski definition) is 5. The van der Waals surface area contributed by atoms with Gasteiger partial charge in [0.1, 0.15) is 12.6 Å². The van der Waals surface area contributed by atoms with Crippen molar-refractivity contribution in [1.29, 1.82) is 5.26 Å². The van der Waals surface area contributed by atoms with E-state index in [4.69, 9.17) is 10.00 Å². The monoisotopic (exact) mass is 342 g/mol. The van der Waals surface area contributed by atoms with Crippen molar-refractivity contribution >= 4 is 23.2 Å². The minimum Gasteiger partial charge on any atom is -0.459 e. The number of benzene rings is 1. The zero-order chi connectivity index (χ0) is 17.5. The van der Waals surface area contributed by atoms with Crippen LogP contribution in [0.4, 0.5) is 0 Å². The van der Waals surface area contributed by atoms with E-state index in [-0.39, 0.29) is 18.4 Å². The summed E-state index contributed by atoms with van der Waals surface area (Å²) in [5.74, 6) is -0.847. The first-order chi connectivity index (χ1) is 11.5. The van der Waals surface area contributed by atoms with E-state index in [1.165, 1.54) is 11.3 Å². The molecule has 1 aromatic carbocycles. The van der Waals surface area contributed by atoms with Crippen LogP contribution in [0.15, 0.2) is 41.8 Å². The van der Waals surface area contributed by atoms with Crippen LogP contribution < -0.4 is 5.32 Å². The van der Waals surface area contributed by atoms with E-state index >= 15 is 0 Å². The number of thiophene rings is 1. The molecule has 1 atom stereocenters. The predicted molar refractivity (Wildman–Crippen MR) is 91.4 cm³/mol. The molecule has 0 radical (unpaired) electrons. The van der Waals surface area contributed by atoms with Gasteiger partial charge in [0.15, 0.2) is 0 Å². The van der Waals surface area contributed by atoms with Crippen molar-refractivity contribution < 1.29 is 14.3 Å². The number of nitrogens with one attached hydrogen (secondary N) is 1. The van der Waals surface area contributed by atoms with Gasteiger partial charge in [0.05, 0.1) is 16.5 Å². The Bertz CT molecular complexity index is 731. The summed E-state index contributed by atoms with van der Waals surface area (Å²) in [5, 5.41) is 13.3. The molecule has 24 heavy (non-hydrogen) atoms. The van der Waals surface area contributed by atoms with E-state index in [0.29, 0.717) is 10.4 Å². The molecule has 0 bridgehead atoms. The smallest absolute Gasteiger partial charge is 0.329 e. The summed E-state index contributed by atoms with van der Waals surface area (Å²) in [4.78, 5) is 25.0. The first-order valence-electron chi connectivity index (χ1n) is 7.51. The van der Waals surface area contributed by atoms with E-state index in [0.717, 1.165) is 5.56 Å². The van der Waals surface area contributed by atoms with Crippen LogP contribution in [-0.2, 0) is 16.1 Å². The fourth-order valence-electron chi connectivity index (χ4n) is 2.04. The fraction of sp³-hybridized carbons (Fsp3) is 0.278. The van der Waals surface area contributed by atoms with Gasteiger partial charge in [-0.1, -0.05) is 32.0 Å². The van der Waals surface area contributed by atoms with Crippen LogP contribution in [0.2, 0.25) is 0 Å². The molecule has 0 fully saturated rings. The average Bonchev–Trinajstić information content (AvgIpc) is 3.12. The Morgan fingerprint density at radius 1 is 1.25 bits per heavy atom. The van der Waals surface area contributed by atoms with Crippen LogP contribution in [0.1, 0.15) is 34.6 Å². The summed E-state index contributed by atoms with van der Waals surface area (Å²) in [6.07, 6.45) is 0. The highest BCUT2D eigenvalue weighted by Gasteiger charge is 2.26. The van der Waals surface area contributed by atoms with Crippen molar-refractivity contribution in [3.63, 3.8) is 0 Å². The van der Waals surface area contributed by atoms with Crippen molar-refractivity contribution in [3.05, 3.63) is 57.8 Å². The summed E-state index contributed by atoms with van der Waals surface area (Å²) < 4.78 is 5.31. The first-order valence-corrected chi connectivity index (χ1v) is 8.39. The molecule has 0 aliphatic rings. The Kier molecular flexibility index (Phi) is 6.10. The second kappa shape index (κ2) is 8.27. The van der Waals surface area contributed by atoms with Gasteiger partial charge in [-0.2, -0.15) is 5.26 Å². The van der Waals surface area contributed by atoms with Crippen LogP contribution in [0.5, 0.6) is 0 Å². The van der Waals surface area contributed by atoms with Gasteiger partial charge in [-0.25, -0.2) is 4.79 Å². The Morgan fingerprint density at radius 2 is 1.96 bits per heavy atom. The molecule has 5 nitrogen and oxygen atoms in total. The summed E-state index contributed by atoms with van der Waals surface area (Å²) >= 11 is 1.32. The number of amides is 1. The fourth-order valence-corrected chi connectivity index (χ4v) is 2.66. The van der Waals surface area contributed by atoms with Gasteiger partial charge in [0.2, 0.25) is 0 Å². The summed E-state index contributed by atoms with van der Waals surface area (Å²) in [5.41, 5.74) is 1.34. The maximum Gasteiger partial charge on any atom is 0.329 e. The number of esters is 1. The van der Waals surface area contributed by atoms with Gasteiger partial charge in [-0.15, -0.1) is 11.3 Å². The van der Waals surface area contributed by atoms with Crippen molar-refractivity contribution in [2.75, 3.05) is 0 Å². The second-order valence-electron chi connectivity index (χ2n) is 5.59. The van der Waals surface area contributed by atoms with Crippen molar-refractivity contribution in [2.45, 2.75) is 26.5 Å². The molecule has 1 amide bonds. The number of carbonyl (C=O) groups is 2. The van der Waals surface area contributed by atoms with E-state index in [2.05, 4.69) is 5.32 Å². The lowest BCUT2D eigenvalue weighted by atomic mass is 10.0. The largest absolute Gasteiger partial charge is 0.459 e. The number of ether oxygens (including phenoxy) is 1. The maximum atomic E-state index is 12.3. The van der Waals surface area contributed by atoms with Gasteiger partial charge in [-0.3, -0.25) is 4.79 Å². The van der Waals surface area contributed by atoms with E-state index < -0.39 is 12.0 Å². The molecular formula is C18H18N2O3S. The number of carbonyl (C=O) groups excluding carboxylic acids is 2. The highest BCUT2D eigenvalue weighted by atomic mass is 32.1.